The molecule has 0 rings (SSSR count). The molecule has 0 N–H and O–H groups in total. The summed E-state index contributed by atoms with van der Waals surface area (Å²) in [6.07, 6.45) is 19.3. The molecular formula is C19H40O3. The standard InChI is InChI=1S/C19H40O3/c1-3-4-5-6-7-8-9-10-11-12-13-14-15-16-17-21-22-19-18-20-2/h3-19H2,1-2H3. The molecule has 0 aliphatic rings. The van der Waals surface area contributed by atoms with Gasteiger partial charge in [0.05, 0.1) is 13.2 Å². The van der Waals surface area contributed by atoms with Gasteiger partial charge in [-0.2, -0.15) is 0 Å². The molecule has 0 aromatic heterocycles. The van der Waals surface area contributed by atoms with Gasteiger partial charge < -0.3 is 4.74 Å². The predicted molar refractivity (Wildman–Crippen MR) is 94.1 cm³/mol. The van der Waals surface area contributed by atoms with Crippen molar-refractivity contribution in [1.82, 2.24) is 0 Å². The third-order valence-electron chi connectivity index (χ3n) is 4.04. The summed E-state index contributed by atoms with van der Waals surface area (Å²) in [7, 11) is 1.66. The number of unbranched alkanes of at least 4 members (excludes halogenated alkanes) is 13. The van der Waals surface area contributed by atoms with E-state index in [0.717, 1.165) is 6.42 Å². The molecule has 0 bridgehead atoms. The van der Waals surface area contributed by atoms with Crippen molar-refractivity contribution in [3.8, 4) is 0 Å². The Morgan fingerprint density at radius 3 is 1.32 bits per heavy atom. The molecule has 0 aliphatic carbocycles. The van der Waals surface area contributed by atoms with Crippen molar-refractivity contribution < 1.29 is 14.5 Å². The van der Waals surface area contributed by atoms with Gasteiger partial charge in [-0.3, -0.25) is 0 Å². The molecule has 0 aromatic rings. The van der Waals surface area contributed by atoms with E-state index in [1.54, 1.807) is 7.11 Å². The lowest BCUT2D eigenvalue weighted by atomic mass is 10.0. The summed E-state index contributed by atoms with van der Waals surface area (Å²) >= 11 is 0. The largest absolute Gasteiger partial charge is 0.382 e. The fraction of sp³-hybridized carbons (Fsp3) is 1.00. The Morgan fingerprint density at radius 2 is 0.864 bits per heavy atom. The van der Waals surface area contributed by atoms with Crippen LogP contribution >= 0.6 is 0 Å². The van der Waals surface area contributed by atoms with Gasteiger partial charge in [0, 0.05) is 7.11 Å². The average molecular weight is 317 g/mol. The first-order valence-electron chi connectivity index (χ1n) is 9.65. The molecule has 3 heteroatoms. The number of ether oxygens (including phenoxy) is 1. The highest BCUT2D eigenvalue weighted by Gasteiger charge is 1.94. The summed E-state index contributed by atoms with van der Waals surface area (Å²) in [5.41, 5.74) is 0. The van der Waals surface area contributed by atoms with E-state index in [1.165, 1.54) is 83.5 Å². The number of hydrogen-bond donors (Lipinski definition) is 0. The summed E-state index contributed by atoms with van der Waals surface area (Å²) in [5.74, 6) is 0. The van der Waals surface area contributed by atoms with Crippen LogP contribution in [-0.4, -0.2) is 26.9 Å². The van der Waals surface area contributed by atoms with Crippen LogP contribution in [0.2, 0.25) is 0 Å². The van der Waals surface area contributed by atoms with E-state index in [4.69, 9.17) is 14.5 Å². The first kappa shape index (κ1) is 21.9. The lowest BCUT2D eigenvalue weighted by Gasteiger charge is -2.04. The molecule has 0 amide bonds. The van der Waals surface area contributed by atoms with Gasteiger partial charge in [-0.05, 0) is 6.42 Å². The molecule has 3 nitrogen and oxygen atoms in total. The maximum atomic E-state index is 5.06. The molecule has 0 unspecified atom stereocenters. The monoisotopic (exact) mass is 316 g/mol. The minimum Gasteiger partial charge on any atom is -0.382 e. The number of hydrogen-bond acceptors (Lipinski definition) is 3. The fourth-order valence-corrected chi connectivity index (χ4v) is 2.59. The molecule has 0 heterocycles. The van der Waals surface area contributed by atoms with E-state index in [0.29, 0.717) is 19.8 Å². The van der Waals surface area contributed by atoms with Gasteiger partial charge in [-0.1, -0.05) is 90.4 Å². The van der Waals surface area contributed by atoms with Gasteiger partial charge in [0.15, 0.2) is 0 Å². The first-order valence-corrected chi connectivity index (χ1v) is 9.65. The Morgan fingerprint density at radius 1 is 0.455 bits per heavy atom. The van der Waals surface area contributed by atoms with Crippen LogP contribution in [0.25, 0.3) is 0 Å². The van der Waals surface area contributed by atoms with Crippen molar-refractivity contribution in [2.24, 2.45) is 0 Å². The second kappa shape index (κ2) is 20.9. The zero-order valence-corrected chi connectivity index (χ0v) is 15.2. The highest BCUT2D eigenvalue weighted by molar-refractivity contribution is 4.49. The van der Waals surface area contributed by atoms with Gasteiger partial charge in [0.2, 0.25) is 0 Å². The molecule has 22 heavy (non-hydrogen) atoms. The molecule has 0 saturated heterocycles. The van der Waals surface area contributed by atoms with Crippen molar-refractivity contribution in [2.45, 2.75) is 96.8 Å². The Balaban J connectivity index is 2.91. The topological polar surface area (TPSA) is 27.7 Å². The summed E-state index contributed by atoms with van der Waals surface area (Å²) in [4.78, 5) is 10.0. The summed E-state index contributed by atoms with van der Waals surface area (Å²) in [6, 6.07) is 0. The highest BCUT2D eigenvalue weighted by Crippen LogP contribution is 2.12. The molecule has 134 valence electrons. The normalized spacial score (nSPS) is 11.2. The quantitative estimate of drug-likeness (QED) is 0.165. The van der Waals surface area contributed by atoms with Gasteiger partial charge in [-0.15, -0.1) is 0 Å². The number of rotatable bonds is 19. The van der Waals surface area contributed by atoms with Gasteiger partial charge in [0.25, 0.3) is 0 Å². The van der Waals surface area contributed by atoms with Crippen LogP contribution < -0.4 is 0 Å². The van der Waals surface area contributed by atoms with Crippen LogP contribution in [-0.2, 0) is 14.5 Å². The average Bonchev–Trinajstić information content (AvgIpc) is 2.54. The van der Waals surface area contributed by atoms with Crippen molar-refractivity contribution >= 4 is 0 Å². The molecular weight excluding hydrogens is 276 g/mol. The third kappa shape index (κ3) is 19.9. The van der Waals surface area contributed by atoms with Crippen LogP contribution in [0.5, 0.6) is 0 Å². The Labute approximate surface area is 139 Å². The van der Waals surface area contributed by atoms with Crippen molar-refractivity contribution in [2.75, 3.05) is 26.9 Å². The molecule has 0 aliphatic heterocycles. The lowest BCUT2D eigenvalue weighted by Crippen LogP contribution is -2.03. The molecule has 0 spiro atoms. The minimum atomic E-state index is 0.523. The lowest BCUT2D eigenvalue weighted by molar-refractivity contribution is -0.298. The number of methoxy groups -OCH3 is 1. The van der Waals surface area contributed by atoms with Gasteiger partial charge in [-0.25, -0.2) is 9.78 Å². The molecule has 0 saturated carbocycles. The van der Waals surface area contributed by atoms with Gasteiger partial charge in [0.1, 0.15) is 6.61 Å². The zero-order chi connectivity index (χ0) is 16.1. The molecule has 0 atom stereocenters. The SMILES string of the molecule is CCCCCCCCCCCCCCCCOOCCOC. The first-order chi connectivity index (χ1) is 10.9. The smallest absolute Gasteiger partial charge is 0.106 e. The second-order valence-corrected chi connectivity index (χ2v) is 6.23. The minimum absolute atomic E-state index is 0.523. The van der Waals surface area contributed by atoms with Crippen LogP contribution in [0.3, 0.4) is 0 Å². The molecule has 0 radical (unpaired) electrons. The fourth-order valence-electron chi connectivity index (χ4n) is 2.59. The van der Waals surface area contributed by atoms with E-state index in [2.05, 4.69) is 6.92 Å². The van der Waals surface area contributed by atoms with Crippen LogP contribution in [0.15, 0.2) is 0 Å². The molecule has 0 aromatic carbocycles. The highest BCUT2D eigenvalue weighted by atomic mass is 17.2. The Kier molecular flexibility index (Phi) is 20.8. The maximum absolute atomic E-state index is 5.06. The summed E-state index contributed by atoms with van der Waals surface area (Å²) in [5, 5.41) is 0. The molecule has 0 fully saturated rings. The van der Waals surface area contributed by atoms with E-state index in [9.17, 15) is 0 Å². The summed E-state index contributed by atoms with van der Waals surface area (Å²) in [6.45, 7) is 4.11. The van der Waals surface area contributed by atoms with Crippen molar-refractivity contribution in [1.29, 1.82) is 0 Å². The zero-order valence-electron chi connectivity index (χ0n) is 15.2. The summed E-state index contributed by atoms with van der Waals surface area (Å²) < 4.78 is 4.87. The van der Waals surface area contributed by atoms with Gasteiger partial charge >= 0.3 is 0 Å². The van der Waals surface area contributed by atoms with Crippen molar-refractivity contribution in [3.63, 3.8) is 0 Å². The van der Waals surface area contributed by atoms with E-state index in [-0.39, 0.29) is 0 Å². The van der Waals surface area contributed by atoms with Crippen LogP contribution in [0, 0.1) is 0 Å². The Hall–Kier alpha value is -0.120. The maximum Gasteiger partial charge on any atom is 0.106 e. The second-order valence-electron chi connectivity index (χ2n) is 6.23. The van der Waals surface area contributed by atoms with Crippen molar-refractivity contribution in [3.05, 3.63) is 0 Å². The van der Waals surface area contributed by atoms with E-state index < -0.39 is 0 Å². The van der Waals surface area contributed by atoms with E-state index >= 15 is 0 Å². The third-order valence-corrected chi connectivity index (χ3v) is 4.04. The van der Waals surface area contributed by atoms with E-state index in [1.807, 2.05) is 0 Å². The van der Waals surface area contributed by atoms with Crippen LogP contribution in [0.4, 0.5) is 0 Å². The van der Waals surface area contributed by atoms with Crippen LogP contribution in [0.1, 0.15) is 96.8 Å². The Bertz CT molecular complexity index is 166. The predicted octanol–water partition coefficient (Wildman–Crippen LogP) is 6.06.